The fourth-order valence-corrected chi connectivity index (χ4v) is 2.52. The first-order chi connectivity index (χ1) is 9.72. The number of rotatable bonds is 2. The Labute approximate surface area is 118 Å². The maximum absolute atomic E-state index is 9.26. The van der Waals surface area contributed by atoms with Crippen LogP contribution < -0.4 is 10.6 Å². The fourth-order valence-electron chi connectivity index (χ4n) is 2.52. The van der Waals surface area contributed by atoms with Crippen molar-refractivity contribution in [3.63, 3.8) is 0 Å². The molecule has 2 heterocycles. The van der Waals surface area contributed by atoms with Gasteiger partial charge in [0.25, 0.3) is 0 Å². The predicted molar refractivity (Wildman–Crippen MR) is 76.5 cm³/mol. The molecule has 3 rings (SSSR count). The molecule has 0 amide bonds. The maximum atomic E-state index is 9.26. The highest BCUT2D eigenvalue weighted by Crippen LogP contribution is 2.23. The zero-order valence-corrected chi connectivity index (χ0v) is 11.4. The minimum Gasteiger partial charge on any atom is -0.393 e. The van der Waals surface area contributed by atoms with Crippen molar-refractivity contribution in [2.75, 3.05) is 31.1 Å². The number of hydrogen-bond acceptors (Lipinski definition) is 5. The lowest BCUT2D eigenvalue weighted by Gasteiger charge is -2.36. The van der Waals surface area contributed by atoms with Gasteiger partial charge in [-0.05, 0) is 18.9 Å². The Bertz CT molecular complexity index is 465. The lowest BCUT2D eigenvalue weighted by molar-refractivity contribution is 0.0773. The number of aliphatic imine (C=N–C) groups is 1. The number of piperazine rings is 1. The van der Waals surface area contributed by atoms with E-state index < -0.39 is 0 Å². The van der Waals surface area contributed by atoms with Crippen molar-refractivity contribution in [1.82, 2.24) is 14.9 Å². The van der Waals surface area contributed by atoms with Gasteiger partial charge in [0, 0.05) is 38.6 Å². The van der Waals surface area contributed by atoms with Gasteiger partial charge in [-0.15, -0.1) is 0 Å². The van der Waals surface area contributed by atoms with Gasteiger partial charge in [0.1, 0.15) is 0 Å². The molecule has 0 radical (unpaired) electrons. The van der Waals surface area contributed by atoms with Crippen LogP contribution in [-0.2, 0) is 0 Å². The summed E-state index contributed by atoms with van der Waals surface area (Å²) in [6, 6.07) is 2.01. The van der Waals surface area contributed by atoms with Crippen molar-refractivity contribution in [2.24, 2.45) is 10.7 Å². The third kappa shape index (κ3) is 2.82. The highest BCUT2D eigenvalue weighted by molar-refractivity contribution is 5.78. The number of hydrogen-bond donors (Lipinski definition) is 2. The summed E-state index contributed by atoms with van der Waals surface area (Å²) in [4.78, 5) is 17.2. The molecule has 20 heavy (non-hydrogen) atoms. The third-order valence-electron chi connectivity index (χ3n) is 3.84. The summed E-state index contributed by atoms with van der Waals surface area (Å²) in [7, 11) is 0. The van der Waals surface area contributed by atoms with E-state index in [0.717, 1.165) is 45.0 Å². The fraction of sp³-hybridized carbons (Fsp3) is 0.615. The zero-order valence-electron chi connectivity index (χ0n) is 11.4. The molecule has 1 saturated heterocycles. The molecule has 1 aromatic rings. The summed E-state index contributed by atoms with van der Waals surface area (Å²) in [5, 5.41) is 9.26. The van der Waals surface area contributed by atoms with Crippen LogP contribution in [0.1, 0.15) is 12.8 Å². The standard InChI is InChI=1S/C13H20N6O/c14-12(17-10-8-11(20)9-10)18-4-6-19(7-5-18)13-15-2-1-3-16-13/h1-3,10-11,20H,4-9H2,(H2,14,17). The minimum atomic E-state index is -0.191. The largest absolute Gasteiger partial charge is 0.393 e. The van der Waals surface area contributed by atoms with Crippen LogP contribution in [0.5, 0.6) is 0 Å². The molecule has 1 aliphatic heterocycles. The van der Waals surface area contributed by atoms with E-state index in [-0.39, 0.29) is 12.1 Å². The van der Waals surface area contributed by atoms with Crippen LogP contribution in [0.25, 0.3) is 0 Å². The van der Waals surface area contributed by atoms with E-state index in [2.05, 4.69) is 24.8 Å². The molecule has 0 aromatic carbocycles. The molecule has 1 saturated carbocycles. The van der Waals surface area contributed by atoms with E-state index in [9.17, 15) is 5.11 Å². The number of anilines is 1. The number of aromatic nitrogens is 2. The van der Waals surface area contributed by atoms with Crippen LogP contribution >= 0.6 is 0 Å². The van der Waals surface area contributed by atoms with Gasteiger partial charge in [-0.2, -0.15) is 0 Å². The van der Waals surface area contributed by atoms with Gasteiger partial charge in [-0.1, -0.05) is 0 Å². The predicted octanol–water partition coefficient (Wildman–Crippen LogP) is -0.563. The Hall–Kier alpha value is -1.89. The lowest BCUT2D eigenvalue weighted by Crippen LogP contribution is -2.52. The van der Waals surface area contributed by atoms with Crippen molar-refractivity contribution >= 4 is 11.9 Å². The van der Waals surface area contributed by atoms with E-state index in [1.165, 1.54) is 0 Å². The normalized spacial score (nSPS) is 27.4. The number of guanidine groups is 1. The maximum Gasteiger partial charge on any atom is 0.225 e. The Kier molecular flexibility index (Phi) is 3.68. The number of nitrogens with two attached hydrogens (primary N) is 1. The number of aliphatic hydroxyl groups is 1. The summed E-state index contributed by atoms with van der Waals surface area (Å²) in [5.74, 6) is 1.36. The van der Waals surface area contributed by atoms with Gasteiger partial charge in [0.2, 0.25) is 5.95 Å². The number of aliphatic hydroxyl groups excluding tert-OH is 1. The highest BCUT2D eigenvalue weighted by atomic mass is 16.3. The minimum absolute atomic E-state index is 0.191. The Morgan fingerprint density at radius 3 is 2.45 bits per heavy atom. The summed E-state index contributed by atoms with van der Waals surface area (Å²) in [6.45, 7) is 3.33. The van der Waals surface area contributed by atoms with Crippen molar-refractivity contribution in [3.05, 3.63) is 18.5 Å². The van der Waals surface area contributed by atoms with E-state index in [0.29, 0.717) is 5.96 Å². The SMILES string of the molecule is NC(=NC1CC(O)C1)N1CCN(c2ncccn2)CC1. The van der Waals surface area contributed by atoms with Crippen LogP contribution in [0.2, 0.25) is 0 Å². The molecule has 0 bridgehead atoms. The van der Waals surface area contributed by atoms with Gasteiger partial charge < -0.3 is 20.6 Å². The summed E-state index contributed by atoms with van der Waals surface area (Å²) < 4.78 is 0. The number of nitrogens with zero attached hydrogens (tertiary/aromatic N) is 5. The van der Waals surface area contributed by atoms with E-state index >= 15 is 0 Å². The van der Waals surface area contributed by atoms with Crippen LogP contribution in [0.3, 0.4) is 0 Å². The molecule has 108 valence electrons. The van der Waals surface area contributed by atoms with Gasteiger partial charge in [0.05, 0.1) is 12.1 Å². The molecule has 0 unspecified atom stereocenters. The van der Waals surface area contributed by atoms with Crippen molar-refractivity contribution in [2.45, 2.75) is 25.0 Å². The second kappa shape index (κ2) is 5.62. The second-order valence-electron chi connectivity index (χ2n) is 5.29. The van der Waals surface area contributed by atoms with Gasteiger partial charge in [0.15, 0.2) is 5.96 Å². The molecule has 0 spiro atoms. The molecule has 1 aromatic heterocycles. The monoisotopic (exact) mass is 276 g/mol. The average Bonchev–Trinajstić information content (AvgIpc) is 2.47. The summed E-state index contributed by atoms with van der Waals surface area (Å²) in [5.41, 5.74) is 6.03. The first kappa shape index (κ1) is 13.1. The van der Waals surface area contributed by atoms with Crippen LogP contribution in [0.4, 0.5) is 5.95 Å². The topological polar surface area (TPSA) is 90.9 Å². The van der Waals surface area contributed by atoms with E-state index in [4.69, 9.17) is 5.73 Å². The molecule has 2 aliphatic rings. The third-order valence-corrected chi connectivity index (χ3v) is 3.84. The molecular weight excluding hydrogens is 256 g/mol. The highest BCUT2D eigenvalue weighted by Gasteiger charge is 2.28. The average molecular weight is 276 g/mol. The van der Waals surface area contributed by atoms with Gasteiger partial charge in [-0.25, -0.2) is 15.0 Å². The molecule has 0 atom stereocenters. The van der Waals surface area contributed by atoms with E-state index in [1.807, 2.05) is 6.07 Å². The molecule has 7 heteroatoms. The van der Waals surface area contributed by atoms with Gasteiger partial charge in [-0.3, -0.25) is 0 Å². The Morgan fingerprint density at radius 2 is 1.85 bits per heavy atom. The Morgan fingerprint density at radius 1 is 1.20 bits per heavy atom. The molecule has 1 aliphatic carbocycles. The van der Waals surface area contributed by atoms with Gasteiger partial charge >= 0.3 is 0 Å². The first-order valence-corrected chi connectivity index (χ1v) is 7.00. The second-order valence-corrected chi connectivity index (χ2v) is 5.29. The molecule has 7 nitrogen and oxygen atoms in total. The van der Waals surface area contributed by atoms with Crippen LogP contribution in [0.15, 0.2) is 23.5 Å². The summed E-state index contributed by atoms with van der Waals surface area (Å²) in [6.07, 6.45) is 4.79. The van der Waals surface area contributed by atoms with E-state index in [1.54, 1.807) is 12.4 Å². The van der Waals surface area contributed by atoms with Crippen molar-refractivity contribution in [1.29, 1.82) is 0 Å². The van der Waals surface area contributed by atoms with Crippen LogP contribution in [0, 0.1) is 0 Å². The Balaban J connectivity index is 1.53. The first-order valence-electron chi connectivity index (χ1n) is 7.00. The lowest BCUT2D eigenvalue weighted by atomic mass is 9.90. The van der Waals surface area contributed by atoms with Crippen LogP contribution in [-0.4, -0.2) is 64.3 Å². The molecule has 3 N–H and O–H groups in total. The summed E-state index contributed by atoms with van der Waals surface area (Å²) >= 11 is 0. The quantitative estimate of drug-likeness (QED) is 0.555. The zero-order chi connectivity index (χ0) is 13.9. The van der Waals surface area contributed by atoms with Crippen molar-refractivity contribution in [3.8, 4) is 0 Å². The molecular formula is C13H20N6O. The smallest absolute Gasteiger partial charge is 0.225 e. The van der Waals surface area contributed by atoms with Crippen molar-refractivity contribution < 1.29 is 5.11 Å². The molecule has 2 fully saturated rings.